The van der Waals surface area contributed by atoms with Gasteiger partial charge in [-0.1, -0.05) is 13.8 Å². The molecule has 0 spiro atoms. The minimum Gasteiger partial charge on any atom is -0.401 e. The van der Waals surface area contributed by atoms with E-state index in [4.69, 9.17) is 16.1 Å². The fraction of sp³-hybridized carbons (Fsp3) is 0.526. The van der Waals surface area contributed by atoms with Crippen LogP contribution in [0.1, 0.15) is 31.7 Å². The van der Waals surface area contributed by atoms with Crippen LogP contribution in [0.4, 0.5) is 11.6 Å². The van der Waals surface area contributed by atoms with Crippen LogP contribution in [0.5, 0.6) is 0 Å². The molecular formula is C19H30N8O. The van der Waals surface area contributed by atoms with Crippen molar-refractivity contribution in [1.82, 2.24) is 19.9 Å². The molecule has 0 saturated carbocycles. The van der Waals surface area contributed by atoms with Gasteiger partial charge in [0.25, 0.3) is 0 Å². The van der Waals surface area contributed by atoms with Crippen molar-refractivity contribution in [3.63, 3.8) is 0 Å². The third kappa shape index (κ3) is 4.60. The molecule has 1 saturated heterocycles. The Bertz CT molecular complexity index is 844. The summed E-state index contributed by atoms with van der Waals surface area (Å²) in [5, 5.41) is 31.6. The normalized spacial score (nSPS) is 20.5. The Balaban J connectivity index is 1.85. The third-order valence-electron chi connectivity index (χ3n) is 5.03. The molecule has 0 radical (unpaired) electrons. The molecule has 0 aliphatic carbocycles. The number of hydrogen-bond donors (Lipinski definition) is 6. The smallest absolute Gasteiger partial charge is 0.163 e. The van der Waals surface area contributed by atoms with Crippen molar-refractivity contribution in [3.05, 3.63) is 29.6 Å². The highest BCUT2D eigenvalue weighted by atomic mass is 16.3. The zero-order chi connectivity index (χ0) is 20.1. The average molecular weight is 387 g/mol. The van der Waals surface area contributed by atoms with Gasteiger partial charge in [0.05, 0.1) is 18.8 Å². The summed E-state index contributed by atoms with van der Waals surface area (Å²) in [5.74, 6) is 1.99. The van der Waals surface area contributed by atoms with Crippen molar-refractivity contribution in [1.29, 1.82) is 5.41 Å². The zero-order valence-corrected chi connectivity index (χ0v) is 16.4. The monoisotopic (exact) mass is 386 g/mol. The van der Waals surface area contributed by atoms with Crippen LogP contribution >= 0.6 is 0 Å². The van der Waals surface area contributed by atoms with Gasteiger partial charge < -0.3 is 32.2 Å². The fourth-order valence-electron chi connectivity index (χ4n) is 3.33. The van der Waals surface area contributed by atoms with Crippen LogP contribution in [0, 0.1) is 11.3 Å². The Labute approximate surface area is 164 Å². The second kappa shape index (κ2) is 9.03. The first-order chi connectivity index (χ1) is 13.5. The predicted molar refractivity (Wildman–Crippen MR) is 112 cm³/mol. The molecule has 28 heavy (non-hydrogen) atoms. The molecule has 2 aromatic heterocycles. The molecule has 152 valence electrons. The van der Waals surface area contributed by atoms with Gasteiger partial charge in [-0.05, 0) is 25.0 Å². The molecule has 9 heteroatoms. The number of aliphatic hydroxyl groups excluding tert-OH is 1. The van der Waals surface area contributed by atoms with Crippen LogP contribution < -0.4 is 21.7 Å². The Morgan fingerprint density at radius 1 is 1.50 bits per heavy atom. The highest BCUT2D eigenvalue weighted by molar-refractivity contribution is 5.69. The summed E-state index contributed by atoms with van der Waals surface area (Å²) in [6.45, 7) is 6.83. The van der Waals surface area contributed by atoms with Crippen LogP contribution in [-0.4, -0.2) is 58.2 Å². The molecule has 1 aliphatic rings. The Morgan fingerprint density at radius 2 is 2.32 bits per heavy atom. The van der Waals surface area contributed by atoms with Gasteiger partial charge in [0, 0.05) is 42.5 Å². The van der Waals surface area contributed by atoms with E-state index in [0.717, 1.165) is 35.8 Å². The maximum atomic E-state index is 10.2. The number of piperidine rings is 1. The van der Waals surface area contributed by atoms with Gasteiger partial charge in [-0.3, -0.25) is 0 Å². The molecule has 1 aliphatic heterocycles. The van der Waals surface area contributed by atoms with Gasteiger partial charge in [-0.15, -0.1) is 0 Å². The van der Waals surface area contributed by atoms with E-state index in [1.54, 1.807) is 10.6 Å². The van der Waals surface area contributed by atoms with E-state index in [1.165, 1.54) is 6.21 Å². The summed E-state index contributed by atoms with van der Waals surface area (Å²) in [6, 6.07) is 1.90. The molecule has 1 fully saturated rings. The Morgan fingerprint density at radius 3 is 3.04 bits per heavy atom. The van der Waals surface area contributed by atoms with Gasteiger partial charge in [-0.25, -0.2) is 4.98 Å². The number of aliphatic hydroxyl groups is 1. The number of β-amino-alcohol motifs (C(OH)–C–C–N with tert-alkyl or cyclic N) is 1. The van der Waals surface area contributed by atoms with Crippen LogP contribution in [0.3, 0.4) is 0 Å². The SMILES string of the molecule is CC(C)c1cnn2c(NC/C(N)=C/C=N)cc(NCC3CCNC[C@@H]3O)nc12. The van der Waals surface area contributed by atoms with Crippen molar-refractivity contribution in [2.75, 3.05) is 36.8 Å². The number of aromatic nitrogens is 3. The maximum absolute atomic E-state index is 10.2. The lowest BCUT2D eigenvalue weighted by Crippen LogP contribution is -2.43. The van der Waals surface area contributed by atoms with Gasteiger partial charge in [0.1, 0.15) is 11.6 Å². The second-order valence-corrected chi connectivity index (χ2v) is 7.48. The summed E-state index contributed by atoms with van der Waals surface area (Å²) in [4.78, 5) is 4.76. The lowest BCUT2D eigenvalue weighted by molar-refractivity contribution is 0.0883. The van der Waals surface area contributed by atoms with Crippen molar-refractivity contribution >= 4 is 23.5 Å². The van der Waals surface area contributed by atoms with Crippen molar-refractivity contribution < 1.29 is 5.11 Å². The molecule has 9 nitrogen and oxygen atoms in total. The molecule has 0 bridgehead atoms. The maximum Gasteiger partial charge on any atom is 0.163 e. The van der Waals surface area contributed by atoms with Crippen LogP contribution in [-0.2, 0) is 0 Å². The third-order valence-corrected chi connectivity index (χ3v) is 5.03. The number of nitrogens with two attached hydrogens (primary N) is 1. The van der Waals surface area contributed by atoms with E-state index in [2.05, 4.69) is 34.9 Å². The number of allylic oxidation sites excluding steroid dienone is 1. The van der Waals surface area contributed by atoms with Gasteiger partial charge in [0.15, 0.2) is 5.65 Å². The molecule has 3 rings (SSSR count). The number of fused-ring (bicyclic) bond motifs is 1. The first-order valence-corrected chi connectivity index (χ1v) is 9.70. The highest BCUT2D eigenvalue weighted by Gasteiger charge is 2.23. The standard InChI is InChI=1S/C19H30N8O/c1-12(2)15-10-25-27-18(24-9-14(21)3-5-20)7-17(26-19(15)27)23-8-13-4-6-22-11-16(13)28/h3,5,7,10,12-13,16,20,22,24,28H,4,6,8-9,11,21H2,1-2H3,(H,23,26)/b14-3-,20-5?/t13?,16-/m0/s1. The lowest BCUT2D eigenvalue weighted by atomic mass is 9.95. The van der Waals surface area contributed by atoms with Gasteiger partial charge in [-0.2, -0.15) is 9.61 Å². The first kappa shape index (κ1) is 20.1. The average Bonchev–Trinajstić information content (AvgIpc) is 3.10. The van der Waals surface area contributed by atoms with E-state index in [9.17, 15) is 5.11 Å². The van der Waals surface area contributed by atoms with E-state index >= 15 is 0 Å². The van der Waals surface area contributed by atoms with E-state index in [-0.39, 0.29) is 12.0 Å². The summed E-state index contributed by atoms with van der Waals surface area (Å²) in [5.41, 5.74) is 8.31. The number of anilines is 2. The zero-order valence-electron chi connectivity index (χ0n) is 16.4. The molecular weight excluding hydrogens is 356 g/mol. The first-order valence-electron chi connectivity index (χ1n) is 9.70. The fourth-order valence-corrected chi connectivity index (χ4v) is 3.33. The quantitative estimate of drug-likeness (QED) is 0.374. The minimum atomic E-state index is -0.352. The van der Waals surface area contributed by atoms with Gasteiger partial charge in [0.2, 0.25) is 0 Å². The van der Waals surface area contributed by atoms with Crippen molar-refractivity contribution in [2.24, 2.45) is 11.7 Å². The number of nitrogens with one attached hydrogen (secondary N) is 4. The molecule has 1 unspecified atom stereocenters. The van der Waals surface area contributed by atoms with Crippen LogP contribution in [0.2, 0.25) is 0 Å². The van der Waals surface area contributed by atoms with E-state index < -0.39 is 0 Å². The molecule has 2 atom stereocenters. The lowest BCUT2D eigenvalue weighted by Gasteiger charge is -2.28. The molecule has 0 aromatic carbocycles. The van der Waals surface area contributed by atoms with E-state index in [1.807, 2.05) is 12.3 Å². The van der Waals surface area contributed by atoms with Crippen molar-refractivity contribution in [2.45, 2.75) is 32.3 Å². The van der Waals surface area contributed by atoms with Crippen LogP contribution in [0.15, 0.2) is 24.0 Å². The Hall–Kier alpha value is -2.65. The van der Waals surface area contributed by atoms with E-state index in [0.29, 0.717) is 31.2 Å². The van der Waals surface area contributed by atoms with Crippen molar-refractivity contribution in [3.8, 4) is 0 Å². The molecule has 0 amide bonds. The summed E-state index contributed by atoms with van der Waals surface area (Å²) in [7, 11) is 0. The number of nitrogens with zero attached hydrogens (tertiary/aromatic N) is 3. The summed E-state index contributed by atoms with van der Waals surface area (Å²) in [6.07, 6.45) is 5.13. The number of hydrogen-bond acceptors (Lipinski definition) is 8. The second-order valence-electron chi connectivity index (χ2n) is 7.48. The summed E-state index contributed by atoms with van der Waals surface area (Å²) < 4.78 is 1.78. The van der Waals surface area contributed by atoms with Crippen LogP contribution in [0.25, 0.3) is 5.65 Å². The molecule has 2 aromatic rings. The Kier molecular flexibility index (Phi) is 6.48. The molecule has 7 N–H and O–H groups in total. The predicted octanol–water partition coefficient (Wildman–Crippen LogP) is 1.14. The largest absolute Gasteiger partial charge is 0.401 e. The summed E-state index contributed by atoms with van der Waals surface area (Å²) >= 11 is 0. The minimum absolute atomic E-state index is 0.191. The highest BCUT2D eigenvalue weighted by Crippen LogP contribution is 2.24. The molecule has 3 heterocycles. The number of rotatable bonds is 8. The topological polar surface area (TPSA) is 136 Å². The van der Waals surface area contributed by atoms with Gasteiger partial charge >= 0.3 is 0 Å².